The summed E-state index contributed by atoms with van der Waals surface area (Å²) in [6, 6.07) is 0.594. The smallest absolute Gasteiger partial charge is 0.407 e. The summed E-state index contributed by atoms with van der Waals surface area (Å²) in [5.41, 5.74) is 0. The van der Waals surface area contributed by atoms with E-state index in [1.807, 2.05) is 0 Å². The topological polar surface area (TPSA) is 41.6 Å². The highest BCUT2D eigenvalue weighted by molar-refractivity contribution is 5.66. The highest BCUT2D eigenvalue weighted by atomic mass is 16.6. The van der Waals surface area contributed by atoms with Gasteiger partial charge in [0.1, 0.15) is 6.10 Å². The van der Waals surface area contributed by atoms with Crippen molar-refractivity contribution in [2.24, 2.45) is 0 Å². The molecular formula is C16H32N2O2. The largest absolute Gasteiger partial charge is 0.446 e. The van der Waals surface area contributed by atoms with Crippen molar-refractivity contribution in [1.29, 1.82) is 0 Å². The Balaban J connectivity index is 2.48. The first kappa shape index (κ1) is 17.3. The first-order valence-corrected chi connectivity index (χ1v) is 8.33. The van der Waals surface area contributed by atoms with Gasteiger partial charge in [-0.05, 0) is 45.2 Å². The zero-order valence-corrected chi connectivity index (χ0v) is 13.5. The first-order chi connectivity index (χ1) is 9.71. The third kappa shape index (κ3) is 6.12. The molecule has 118 valence electrons. The zero-order chi connectivity index (χ0) is 14.8. The van der Waals surface area contributed by atoms with E-state index in [4.69, 9.17) is 4.74 Å². The van der Waals surface area contributed by atoms with E-state index in [-0.39, 0.29) is 12.2 Å². The summed E-state index contributed by atoms with van der Waals surface area (Å²) in [5, 5.41) is 2.55. The van der Waals surface area contributed by atoms with Crippen molar-refractivity contribution in [2.45, 2.75) is 77.4 Å². The van der Waals surface area contributed by atoms with E-state index >= 15 is 0 Å². The van der Waals surface area contributed by atoms with Gasteiger partial charge in [0.25, 0.3) is 0 Å². The minimum Gasteiger partial charge on any atom is -0.446 e. The predicted molar refractivity (Wildman–Crippen MR) is 83.0 cm³/mol. The molecule has 0 spiro atoms. The number of carbonyl (C=O) groups excluding carboxylic acids is 1. The van der Waals surface area contributed by atoms with E-state index in [1.54, 1.807) is 7.05 Å². The van der Waals surface area contributed by atoms with Crippen molar-refractivity contribution in [2.75, 3.05) is 20.1 Å². The minimum atomic E-state index is -0.288. The molecule has 1 rings (SSSR count). The number of hydrogen-bond acceptors (Lipinski definition) is 3. The number of ether oxygens (including phenoxy) is 1. The van der Waals surface area contributed by atoms with Crippen molar-refractivity contribution in [3.63, 3.8) is 0 Å². The van der Waals surface area contributed by atoms with Crippen LogP contribution in [0.1, 0.15) is 65.2 Å². The monoisotopic (exact) mass is 284 g/mol. The van der Waals surface area contributed by atoms with Gasteiger partial charge >= 0.3 is 6.09 Å². The Morgan fingerprint density at radius 3 is 2.40 bits per heavy atom. The molecule has 1 fully saturated rings. The summed E-state index contributed by atoms with van der Waals surface area (Å²) < 4.78 is 5.45. The number of carbonyl (C=O) groups is 1. The van der Waals surface area contributed by atoms with Crippen LogP contribution in [-0.4, -0.2) is 43.3 Å². The highest BCUT2D eigenvalue weighted by Crippen LogP contribution is 2.26. The van der Waals surface area contributed by atoms with Gasteiger partial charge in [0.15, 0.2) is 0 Å². The second-order valence-corrected chi connectivity index (χ2v) is 5.84. The van der Waals surface area contributed by atoms with Gasteiger partial charge < -0.3 is 15.0 Å². The van der Waals surface area contributed by atoms with Gasteiger partial charge in [0, 0.05) is 19.5 Å². The maximum atomic E-state index is 11.4. The number of nitrogens with zero attached hydrogens (tertiary/aromatic N) is 1. The van der Waals surface area contributed by atoms with Gasteiger partial charge in [-0.1, -0.05) is 26.7 Å². The molecule has 0 saturated heterocycles. The number of amides is 1. The lowest BCUT2D eigenvalue weighted by Crippen LogP contribution is -2.42. The number of alkyl carbamates (subject to hydrolysis) is 1. The molecular weight excluding hydrogens is 252 g/mol. The molecule has 2 atom stereocenters. The summed E-state index contributed by atoms with van der Waals surface area (Å²) in [6.45, 7) is 6.87. The lowest BCUT2D eigenvalue weighted by molar-refractivity contribution is 0.0385. The molecule has 0 aromatic rings. The van der Waals surface area contributed by atoms with Crippen molar-refractivity contribution in [3.8, 4) is 0 Å². The van der Waals surface area contributed by atoms with Gasteiger partial charge in [0.2, 0.25) is 0 Å². The van der Waals surface area contributed by atoms with Crippen LogP contribution in [0.3, 0.4) is 0 Å². The predicted octanol–water partition coefficient (Wildman–Crippen LogP) is 3.56. The molecule has 4 heteroatoms. The van der Waals surface area contributed by atoms with Crippen molar-refractivity contribution >= 4 is 6.09 Å². The van der Waals surface area contributed by atoms with Gasteiger partial charge in [-0.2, -0.15) is 0 Å². The van der Waals surface area contributed by atoms with Gasteiger partial charge in [-0.3, -0.25) is 0 Å². The minimum absolute atomic E-state index is 0.0967. The van der Waals surface area contributed by atoms with Gasteiger partial charge in [-0.15, -0.1) is 0 Å². The van der Waals surface area contributed by atoms with E-state index < -0.39 is 0 Å². The average molecular weight is 284 g/mol. The van der Waals surface area contributed by atoms with Crippen LogP contribution in [0.4, 0.5) is 4.79 Å². The molecule has 0 aliphatic heterocycles. The summed E-state index contributed by atoms with van der Waals surface area (Å²) >= 11 is 0. The maximum Gasteiger partial charge on any atom is 0.407 e. The zero-order valence-electron chi connectivity index (χ0n) is 13.5. The Morgan fingerprint density at radius 1 is 1.20 bits per heavy atom. The van der Waals surface area contributed by atoms with Crippen molar-refractivity contribution in [1.82, 2.24) is 10.2 Å². The van der Waals surface area contributed by atoms with Crippen LogP contribution in [0.25, 0.3) is 0 Å². The second kappa shape index (κ2) is 10.0. The summed E-state index contributed by atoms with van der Waals surface area (Å²) in [5.74, 6) is 0. The molecule has 1 amide bonds. The molecule has 1 saturated carbocycles. The summed E-state index contributed by atoms with van der Waals surface area (Å²) in [4.78, 5) is 14.0. The fourth-order valence-corrected chi connectivity index (χ4v) is 2.97. The third-order valence-corrected chi connectivity index (χ3v) is 4.19. The number of rotatable bonds is 8. The molecule has 0 bridgehead atoms. The molecule has 0 heterocycles. The molecule has 0 aromatic carbocycles. The van der Waals surface area contributed by atoms with E-state index in [9.17, 15) is 4.79 Å². The highest BCUT2D eigenvalue weighted by Gasteiger charge is 2.28. The maximum absolute atomic E-state index is 11.4. The Labute approximate surface area is 124 Å². The lowest BCUT2D eigenvalue weighted by Gasteiger charge is -2.37. The SMILES string of the molecule is CCCCN(CCCC)[C@@H]1CCC[C@H](OC(=O)NC)C1. The third-order valence-electron chi connectivity index (χ3n) is 4.19. The van der Waals surface area contributed by atoms with E-state index in [2.05, 4.69) is 24.1 Å². The van der Waals surface area contributed by atoms with E-state index in [0.717, 1.165) is 12.8 Å². The Bertz CT molecular complexity index is 263. The van der Waals surface area contributed by atoms with Crippen LogP contribution in [0.5, 0.6) is 0 Å². The van der Waals surface area contributed by atoms with Crippen LogP contribution >= 0.6 is 0 Å². The molecule has 0 unspecified atom stereocenters. The number of hydrogen-bond donors (Lipinski definition) is 1. The Hall–Kier alpha value is -0.770. The quantitative estimate of drug-likeness (QED) is 0.741. The fourth-order valence-electron chi connectivity index (χ4n) is 2.97. The Kier molecular flexibility index (Phi) is 8.67. The molecule has 1 aliphatic carbocycles. The number of unbranched alkanes of at least 4 members (excludes halogenated alkanes) is 2. The normalized spacial score (nSPS) is 22.8. The molecule has 0 aromatic heterocycles. The fraction of sp³-hybridized carbons (Fsp3) is 0.938. The van der Waals surface area contributed by atoms with Crippen molar-refractivity contribution in [3.05, 3.63) is 0 Å². The number of nitrogens with one attached hydrogen (secondary N) is 1. The van der Waals surface area contributed by atoms with Gasteiger partial charge in [-0.25, -0.2) is 4.79 Å². The second-order valence-electron chi connectivity index (χ2n) is 5.84. The van der Waals surface area contributed by atoms with Crippen LogP contribution in [0.2, 0.25) is 0 Å². The van der Waals surface area contributed by atoms with Gasteiger partial charge in [0.05, 0.1) is 0 Å². The summed E-state index contributed by atoms with van der Waals surface area (Å²) in [7, 11) is 1.62. The molecule has 20 heavy (non-hydrogen) atoms. The van der Waals surface area contributed by atoms with Crippen LogP contribution in [0.15, 0.2) is 0 Å². The average Bonchev–Trinajstić information content (AvgIpc) is 2.47. The summed E-state index contributed by atoms with van der Waals surface area (Å²) in [6.07, 6.45) is 9.26. The van der Waals surface area contributed by atoms with Crippen LogP contribution < -0.4 is 5.32 Å². The molecule has 4 nitrogen and oxygen atoms in total. The van der Waals surface area contributed by atoms with E-state index in [1.165, 1.54) is 51.6 Å². The first-order valence-electron chi connectivity index (χ1n) is 8.33. The van der Waals surface area contributed by atoms with Crippen LogP contribution in [-0.2, 0) is 4.74 Å². The standard InChI is InChI=1S/C16H32N2O2/c1-4-6-11-18(12-7-5-2)14-9-8-10-15(13-14)20-16(19)17-3/h14-15H,4-13H2,1-3H3,(H,17,19)/t14-,15+/m1/s1. The lowest BCUT2D eigenvalue weighted by atomic mass is 9.91. The Morgan fingerprint density at radius 2 is 1.85 bits per heavy atom. The van der Waals surface area contributed by atoms with E-state index in [0.29, 0.717) is 6.04 Å². The molecule has 0 radical (unpaired) electrons. The van der Waals surface area contributed by atoms with Crippen LogP contribution in [0, 0.1) is 0 Å². The molecule has 1 N–H and O–H groups in total. The van der Waals surface area contributed by atoms with Crippen molar-refractivity contribution < 1.29 is 9.53 Å². The molecule has 1 aliphatic rings.